The third kappa shape index (κ3) is 3.82. The summed E-state index contributed by atoms with van der Waals surface area (Å²) in [5.74, 6) is 0.403. The Hall–Kier alpha value is -3.23. The molecule has 2 heterocycles. The minimum atomic E-state index is -0.417. The van der Waals surface area contributed by atoms with E-state index >= 15 is 0 Å². The lowest BCUT2D eigenvalue weighted by atomic mass is 10.3. The van der Waals surface area contributed by atoms with Gasteiger partial charge in [-0.05, 0) is 12.1 Å². The number of rotatable bonds is 3. The van der Waals surface area contributed by atoms with Gasteiger partial charge in [0.05, 0.1) is 7.11 Å². The molecule has 3 amide bonds. The zero-order valence-corrected chi connectivity index (χ0v) is 13.7. The zero-order valence-electron chi connectivity index (χ0n) is 13.7. The quantitative estimate of drug-likeness (QED) is 0.760. The number of amides is 3. The van der Waals surface area contributed by atoms with E-state index in [1.807, 2.05) is 0 Å². The fraction of sp³-hybridized carbons (Fsp3) is 0.312. The maximum Gasteiger partial charge on any atom is 0.323 e. The highest BCUT2D eigenvalue weighted by Gasteiger charge is 2.25. The lowest BCUT2D eigenvalue weighted by Gasteiger charge is -2.34. The molecule has 1 fully saturated rings. The molecule has 9 nitrogen and oxygen atoms in total. The number of ether oxygens (including phenoxy) is 1. The number of aromatic amines is 2. The number of nitrogens with zero attached hydrogens (tertiary/aromatic N) is 2. The molecule has 1 aromatic carbocycles. The Morgan fingerprint density at radius 2 is 1.88 bits per heavy atom. The second-order valence-corrected chi connectivity index (χ2v) is 5.60. The third-order valence-electron chi connectivity index (χ3n) is 4.00. The summed E-state index contributed by atoms with van der Waals surface area (Å²) in [7, 11) is 1.56. The molecule has 132 valence electrons. The molecule has 0 saturated carbocycles. The van der Waals surface area contributed by atoms with Gasteiger partial charge in [-0.25, -0.2) is 9.59 Å². The van der Waals surface area contributed by atoms with Crippen molar-refractivity contribution in [3.63, 3.8) is 0 Å². The molecule has 25 heavy (non-hydrogen) atoms. The van der Waals surface area contributed by atoms with Crippen LogP contribution in [0.25, 0.3) is 0 Å². The Labute approximate surface area is 143 Å². The fourth-order valence-electron chi connectivity index (χ4n) is 2.63. The van der Waals surface area contributed by atoms with Gasteiger partial charge in [-0.15, -0.1) is 0 Å². The summed E-state index contributed by atoms with van der Waals surface area (Å²) < 4.78 is 5.13. The van der Waals surface area contributed by atoms with Crippen LogP contribution in [-0.2, 0) is 0 Å². The van der Waals surface area contributed by atoms with Crippen LogP contribution >= 0.6 is 0 Å². The lowest BCUT2D eigenvalue weighted by molar-refractivity contribution is 0.0666. The number of aromatic nitrogens is 2. The topological polar surface area (TPSA) is 111 Å². The van der Waals surface area contributed by atoms with Crippen molar-refractivity contribution in [2.24, 2.45) is 0 Å². The van der Waals surface area contributed by atoms with Crippen LogP contribution in [0.1, 0.15) is 10.5 Å². The van der Waals surface area contributed by atoms with Crippen LogP contribution < -0.4 is 15.7 Å². The van der Waals surface area contributed by atoms with E-state index in [-0.39, 0.29) is 17.6 Å². The first kappa shape index (κ1) is 16.6. The van der Waals surface area contributed by atoms with Crippen LogP contribution in [0, 0.1) is 0 Å². The molecule has 0 unspecified atom stereocenters. The molecule has 9 heteroatoms. The van der Waals surface area contributed by atoms with Crippen LogP contribution in [0.5, 0.6) is 5.75 Å². The number of hydrogen-bond acceptors (Lipinski definition) is 4. The highest BCUT2D eigenvalue weighted by atomic mass is 16.5. The number of nitrogens with one attached hydrogen (secondary N) is 3. The van der Waals surface area contributed by atoms with Crippen molar-refractivity contribution >= 4 is 17.6 Å². The minimum absolute atomic E-state index is 0.222. The monoisotopic (exact) mass is 345 g/mol. The Balaban J connectivity index is 1.55. The van der Waals surface area contributed by atoms with Gasteiger partial charge in [0, 0.05) is 44.1 Å². The van der Waals surface area contributed by atoms with Gasteiger partial charge in [0.25, 0.3) is 5.91 Å². The minimum Gasteiger partial charge on any atom is -0.497 e. The standard InChI is InChI=1S/C16H19N5O4/c1-25-12-4-2-3-11(9-12)18-16(24)21-7-5-20(6-8-21)14(22)13-10-17-15(23)19-13/h2-4,9-10H,5-8H2,1H3,(H,18,24)(H2,17,19,23). The Morgan fingerprint density at radius 1 is 1.16 bits per heavy atom. The first-order valence-electron chi connectivity index (χ1n) is 7.84. The average Bonchev–Trinajstić information content (AvgIpc) is 3.07. The molecule has 3 rings (SSSR count). The number of benzene rings is 1. The second-order valence-electron chi connectivity index (χ2n) is 5.60. The normalized spacial score (nSPS) is 14.3. The van der Waals surface area contributed by atoms with E-state index in [1.165, 1.54) is 6.20 Å². The number of hydrogen-bond donors (Lipinski definition) is 3. The van der Waals surface area contributed by atoms with Crippen LogP contribution in [0.3, 0.4) is 0 Å². The molecule has 2 aromatic rings. The van der Waals surface area contributed by atoms with Gasteiger partial charge < -0.3 is 29.8 Å². The molecular weight excluding hydrogens is 326 g/mol. The van der Waals surface area contributed by atoms with Gasteiger partial charge in [0.1, 0.15) is 11.4 Å². The van der Waals surface area contributed by atoms with Crippen molar-refractivity contribution in [3.05, 3.63) is 46.6 Å². The van der Waals surface area contributed by atoms with Crippen molar-refractivity contribution in [2.75, 3.05) is 38.6 Å². The number of methoxy groups -OCH3 is 1. The predicted molar refractivity (Wildman–Crippen MR) is 90.9 cm³/mol. The largest absolute Gasteiger partial charge is 0.497 e. The van der Waals surface area contributed by atoms with Crippen LogP contribution in [0.4, 0.5) is 10.5 Å². The van der Waals surface area contributed by atoms with E-state index in [1.54, 1.807) is 41.2 Å². The van der Waals surface area contributed by atoms with Crippen LogP contribution in [0.15, 0.2) is 35.3 Å². The third-order valence-corrected chi connectivity index (χ3v) is 4.00. The lowest BCUT2D eigenvalue weighted by Crippen LogP contribution is -2.51. The van der Waals surface area contributed by atoms with Crippen molar-refractivity contribution in [3.8, 4) is 5.75 Å². The summed E-state index contributed by atoms with van der Waals surface area (Å²) in [6, 6.07) is 6.88. The maximum absolute atomic E-state index is 12.3. The van der Waals surface area contributed by atoms with E-state index in [2.05, 4.69) is 15.3 Å². The molecular formula is C16H19N5O4. The highest BCUT2D eigenvalue weighted by Crippen LogP contribution is 2.17. The molecule has 0 atom stereocenters. The van der Waals surface area contributed by atoms with E-state index in [0.29, 0.717) is 37.6 Å². The molecule has 0 radical (unpaired) electrons. The Kier molecular flexibility index (Phi) is 4.73. The van der Waals surface area contributed by atoms with Gasteiger partial charge in [0.2, 0.25) is 0 Å². The number of H-pyrrole nitrogens is 2. The van der Waals surface area contributed by atoms with Crippen LogP contribution in [0.2, 0.25) is 0 Å². The molecule has 1 aliphatic rings. The number of carbonyl (C=O) groups excluding carboxylic acids is 2. The second kappa shape index (κ2) is 7.12. The average molecular weight is 345 g/mol. The number of urea groups is 1. The molecule has 0 spiro atoms. The smallest absolute Gasteiger partial charge is 0.323 e. The molecule has 3 N–H and O–H groups in total. The summed E-state index contributed by atoms with van der Waals surface area (Å²) >= 11 is 0. The van der Waals surface area contributed by atoms with Gasteiger partial charge in [-0.1, -0.05) is 6.07 Å². The summed E-state index contributed by atoms with van der Waals surface area (Å²) in [4.78, 5) is 43.8. The number of piperazine rings is 1. The highest BCUT2D eigenvalue weighted by molar-refractivity contribution is 5.93. The van der Waals surface area contributed by atoms with Crippen molar-refractivity contribution in [1.29, 1.82) is 0 Å². The first-order valence-corrected chi connectivity index (χ1v) is 7.84. The summed E-state index contributed by atoms with van der Waals surface area (Å²) in [5.41, 5.74) is 0.451. The molecule has 1 aromatic heterocycles. The van der Waals surface area contributed by atoms with Crippen molar-refractivity contribution in [2.45, 2.75) is 0 Å². The van der Waals surface area contributed by atoms with Crippen molar-refractivity contribution in [1.82, 2.24) is 19.8 Å². The Morgan fingerprint density at radius 3 is 2.52 bits per heavy atom. The van der Waals surface area contributed by atoms with Gasteiger partial charge in [-0.2, -0.15) is 0 Å². The summed E-state index contributed by atoms with van der Waals surface area (Å²) in [6.45, 7) is 1.63. The van der Waals surface area contributed by atoms with E-state index in [0.717, 1.165) is 0 Å². The number of carbonyl (C=O) groups is 2. The van der Waals surface area contributed by atoms with Gasteiger partial charge >= 0.3 is 11.7 Å². The fourth-order valence-corrected chi connectivity index (χ4v) is 2.63. The molecule has 1 saturated heterocycles. The maximum atomic E-state index is 12.3. The first-order chi connectivity index (χ1) is 12.1. The van der Waals surface area contributed by atoms with Crippen LogP contribution in [-0.4, -0.2) is 65.0 Å². The molecule has 0 bridgehead atoms. The van der Waals surface area contributed by atoms with Gasteiger partial charge in [-0.3, -0.25) is 4.79 Å². The number of imidazole rings is 1. The van der Waals surface area contributed by atoms with E-state index in [9.17, 15) is 14.4 Å². The predicted octanol–water partition coefficient (Wildman–Crippen LogP) is 0.701. The number of anilines is 1. The SMILES string of the molecule is COc1cccc(NC(=O)N2CCN(C(=O)c3c[nH]c(=O)[nH]3)CC2)c1. The van der Waals surface area contributed by atoms with E-state index < -0.39 is 5.69 Å². The summed E-state index contributed by atoms with van der Waals surface area (Å²) in [5, 5.41) is 2.82. The summed E-state index contributed by atoms with van der Waals surface area (Å²) in [6.07, 6.45) is 1.35. The van der Waals surface area contributed by atoms with Crippen molar-refractivity contribution < 1.29 is 14.3 Å². The zero-order chi connectivity index (χ0) is 17.8. The van der Waals surface area contributed by atoms with Gasteiger partial charge in [0.15, 0.2) is 0 Å². The molecule has 1 aliphatic heterocycles. The Bertz CT molecular complexity index is 820. The van der Waals surface area contributed by atoms with E-state index in [4.69, 9.17) is 4.74 Å². The molecule has 0 aliphatic carbocycles.